The summed E-state index contributed by atoms with van der Waals surface area (Å²) in [5.41, 5.74) is 1.03. The van der Waals surface area contributed by atoms with Gasteiger partial charge in [0.15, 0.2) is 9.84 Å². The lowest BCUT2D eigenvalue weighted by molar-refractivity contribution is 0.0291. The summed E-state index contributed by atoms with van der Waals surface area (Å²) in [5, 5.41) is 1.63. The van der Waals surface area contributed by atoms with Gasteiger partial charge in [0.25, 0.3) is 5.91 Å². The number of hydrogen-bond donors (Lipinski definition) is 0. The van der Waals surface area contributed by atoms with Crippen LogP contribution in [-0.4, -0.2) is 61.0 Å². The van der Waals surface area contributed by atoms with Crippen molar-refractivity contribution in [3.05, 3.63) is 41.2 Å². The molecule has 1 amide bonds. The molecule has 0 N–H and O–H groups in total. The van der Waals surface area contributed by atoms with E-state index in [0.29, 0.717) is 23.7 Å². The molecule has 4 rings (SSSR count). The molecule has 9 heteroatoms. The van der Waals surface area contributed by atoms with E-state index in [0.717, 1.165) is 5.56 Å². The summed E-state index contributed by atoms with van der Waals surface area (Å²) in [6.45, 7) is 0.749. The zero-order valence-electron chi connectivity index (χ0n) is 13.8. The van der Waals surface area contributed by atoms with Crippen molar-refractivity contribution in [3.63, 3.8) is 0 Å². The quantitative estimate of drug-likeness (QED) is 0.776. The molecule has 1 aromatic heterocycles. The zero-order chi connectivity index (χ0) is 18.3. The minimum absolute atomic E-state index is 0.0573. The minimum Gasteiger partial charge on any atom is -0.380 e. The van der Waals surface area contributed by atoms with E-state index in [-0.39, 0.29) is 36.7 Å². The molecule has 0 aliphatic carbocycles. The number of aromatic nitrogens is 1. The van der Waals surface area contributed by atoms with Crippen LogP contribution < -0.4 is 0 Å². The lowest BCUT2D eigenvalue weighted by atomic mass is 10.1. The van der Waals surface area contributed by atoms with Crippen molar-refractivity contribution in [2.24, 2.45) is 0 Å². The highest BCUT2D eigenvalue weighted by Crippen LogP contribution is 2.29. The molecular formula is C17H17FN2O4S2. The van der Waals surface area contributed by atoms with Gasteiger partial charge < -0.3 is 9.64 Å². The van der Waals surface area contributed by atoms with Crippen molar-refractivity contribution in [1.82, 2.24) is 9.88 Å². The van der Waals surface area contributed by atoms with Crippen LogP contribution in [0.4, 0.5) is 4.39 Å². The van der Waals surface area contributed by atoms with E-state index in [4.69, 9.17) is 4.74 Å². The first-order chi connectivity index (χ1) is 12.5. The molecule has 0 bridgehead atoms. The number of hydrogen-bond acceptors (Lipinski definition) is 6. The van der Waals surface area contributed by atoms with Crippen LogP contribution in [0.5, 0.6) is 0 Å². The van der Waals surface area contributed by atoms with Crippen molar-refractivity contribution >= 4 is 27.1 Å². The molecule has 2 unspecified atom stereocenters. The number of carbonyl (C=O) groups is 1. The third-order valence-electron chi connectivity index (χ3n) is 4.82. The van der Waals surface area contributed by atoms with Crippen molar-refractivity contribution in [2.45, 2.75) is 17.7 Å². The number of fused-ring (bicyclic) bond motifs is 1. The van der Waals surface area contributed by atoms with Crippen LogP contribution in [0, 0.1) is 5.82 Å². The number of thiazole rings is 1. The van der Waals surface area contributed by atoms with E-state index in [1.165, 1.54) is 23.5 Å². The van der Waals surface area contributed by atoms with Gasteiger partial charge in [0, 0.05) is 24.1 Å². The lowest BCUT2D eigenvalue weighted by Gasteiger charge is -2.42. The first kappa shape index (κ1) is 17.6. The number of nitrogens with zero attached hydrogens (tertiary/aromatic N) is 2. The monoisotopic (exact) mass is 396 g/mol. The molecule has 3 heterocycles. The first-order valence-corrected chi connectivity index (χ1v) is 10.9. The fourth-order valence-corrected chi connectivity index (χ4v) is 6.06. The van der Waals surface area contributed by atoms with Gasteiger partial charge in [-0.25, -0.2) is 17.8 Å². The third-order valence-corrected chi connectivity index (χ3v) is 7.84. The number of halogens is 1. The SMILES string of the molecule is O=C(c1csc(-c2ccc(F)cc2)n1)N1CCS(=O)(=O)C2COCCC21. The zero-order valence-corrected chi connectivity index (χ0v) is 15.4. The predicted octanol–water partition coefficient (Wildman–Crippen LogP) is 1.98. The van der Waals surface area contributed by atoms with Gasteiger partial charge in [0.2, 0.25) is 0 Å². The van der Waals surface area contributed by atoms with Crippen LogP contribution in [-0.2, 0) is 14.6 Å². The Balaban J connectivity index is 1.59. The van der Waals surface area contributed by atoms with Gasteiger partial charge >= 0.3 is 0 Å². The topological polar surface area (TPSA) is 76.6 Å². The van der Waals surface area contributed by atoms with Gasteiger partial charge in [-0.05, 0) is 30.7 Å². The molecule has 138 valence electrons. The molecule has 6 nitrogen and oxygen atoms in total. The molecule has 0 spiro atoms. The maximum atomic E-state index is 13.1. The predicted molar refractivity (Wildman–Crippen MR) is 95.3 cm³/mol. The summed E-state index contributed by atoms with van der Waals surface area (Å²) in [5.74, 6) is -0.652. The maximum Gasteiger partial charge on any atom is 0.273 e. The van der Waals surface area contributed by atoms with E-state index in [1.54, 1.807) is 22.4 Å². The highest BCUT2D eigenvalue weighted by molar-refractivity contribution is 7.92. The van der Waals surface area contributed by atoms with Crippen LogP contribution >= 0.6 is 11.3 Å². The summed E-state index contributed by atoms with van der Waals surface area (Å²) in [6.07, 6.45) is 0.505. The Hall–Kier alpha value is -1.84. The summed E-state index contributed by atoms with van der Waals surface area (Å²) in [6, 6.07) is 5.56. The molecule has 0 saturated carbocycles. The molecule has 2 atom stereocenters. The number of rotatable bonds is 2. The summed E-state index contributed by atoms with van der Waals surface area (Å²) < 4.78 is 42.9. The molecule has 26 heavy (non-hydrogen) atoms. The Labute approximate surface area is 154 Å². The van der Waals surface area contributed by atoms with E-state index >= 15 is 0 Å². The number of ether oxygens (including phenoxy) is 1. The number of carbonyl (C=O) groups excluding carboxylic acids is 1. The second-order valence-corrected chi connectivity index (χ2v) is 9.58. The standard InChI is InChI=1S/C17H17FN2O4S2/c18-12-3-1-11(2-4-12)16-19-13(10-25-16)17(21)20-6-8-26(22,23)15-9-24-7-5-14(15)20/h1-4,10,14-15H,5-9H2. The van der Waals surface area contributed by atoms with Gasteiger partial charge in [-0.2, -0.15) is 0 Å². The molecule has 2 aliphatic rings. The van der Waals surface area contributed by atoms with E-state index < -0.39 is 15.1 Å². The molecule has 2 aromatic rings. The lowest BCUT2D eigenvalue weighted by Crippen LogP contribution is -2.60. The summed E-state index contributed by atoms with van der Waals surface area (Å²) in [4.78, 5) is 18.9. The first-order valence-electron chi connectivity index (χ1n) is 8.27. The van der Waals surface area contributed by atoms with E-state index in [9.17, 15) is 17.6 Å². The second kappa shape index (κ2) is 6.71. The number of sulfone groups is 1. The van der Waals surface area contributed by atoms with Crippen LogP contribution in [0.25, 0.3) is 10.6 Å². The second-order valence-electron chi connectivity index (χ2n) is 6.38. The Morgan fingerprint density at radius 3 is 2.85 bits per heavy atom. The molecular weight excluding hydrogens is 379 g/mol. The fourth-order valence-electron chi connectivity index (χ4n) is 3.44. The van der Waals surface area contributed by atoms with Crippen LogP contribution in [0.2, 0.25) is 0 Å². The number of benzene rings is 1. The van der Waals surface area contributed by atoms with Crippen LogP contribution in [0.15, 0.2) is 29.6 Å². The smallest absolute Gasteiger partial charge is 0.273 e. The average Bonchev–Trinajstić information content (AvgIpc) is 3.12. The molecule has 0 radical (unpaired) electrons. The average molecular weight is 396 g/mol. The minimum atomic E-state index is -3.25. The molecule has 1 aromatic carbocycles. The Morgan fingerprint density at radius 2 is 2.08 bits per heavy atom. The molecule has 2 saturated heterocycles. The van der Waals surface area contributed by atoms with Gasteiger partial charge in [0.05, 0.1) is 18.4 Å². The van der Waals surface area contributed by atoms with Gasteiger partial charge in [-0.15, -0.1) is 11.3 Å². The van der Waals surface area contributed by atoms with Crippen molar-refractivity contribution in [2.75, 3.05) is 25.5 Å². The third kappa shape index (κ3) is 3.15. The Kier molecular flexibility index (Phi) is 4.54. The summed E-state index contributed by atoms with van der Waals surface area (Å²) >= 11 is 1.31. The number of amides is 1. The molecule has 2 fully saturated rings. The van der Waals surface area contributed by atoms with E-state index in [2.05, 4.69) is 4.98 Å². The Morgan fingerprint density at radius 1 is 1.31 bits per heavy atom. The largest absolute Gasteiger partial charge is 0.380 e. The normalized spacial score (nSPS) is 24.9. The highest BCUT2D eigenvalue weighted by atomic mass is 32.2. The highest BCUT2D eigenvalue weighted by Gasteiger charge is 2.45. The van der Waals surface area contributed by atoms with Gasteiger partial charge in [0.1, 0.15) is 21.8 Å². The van der Waals surface area contributed by atoms with E-state index in [1.807, 2.05) is 0 Å². The maximum absolute atomic E-state index is 13.1. The van der Waals surface area contributed by atoms with Crippen LogP contribution in [0.1, 0.15) is 16.9 Å². The van der Waals surface area contributed by atoms with Gasteiger partial charge in [-0.1, -0.05) is 0 Å². The van der Waals surface area contributed by atoms with Crippen LogP contribution in [0.3, 0.4) is 0 Å². The van der Waals surface area contributed by atoms with Crippen molar-refractivity contribution < 1.29 is 22.3 Å². The van der Waals surface area contributed by atoms with Crippen molar-refractivity contribution in [3.8, 4) is 10.6 Å². The van der Waals surface area contributed by atoms with Gasteiger partial charge in [-0.3, -0.25) is 4.79 Å². The summed E-state index contributed by atoms with van der Waals surface area (Å²) in [7, 11) is -3.25. The molecule has 2 aliphatic heterocycles. The Bertz CT molecular complexity index is 926. The van der Waals surface area contributed by atoms with Crippen molar-refractivity contribution in [1.29, 1.82) is 0 Å². The fraction of sp³-hybridized carbons (Fsp3) is 0.412.